The highest BCUT2D eigenvalue weighted by atomic mass is 32.2. The van der Waals surface area contributed by atoms with Gasteiger partial charge in [0.25, 0.3) is 11.8 Å². The van der Waals surface area contributed by atoms with Gasteiger partial charge >= 0.3 is 0 Å². The predicted octanol–water partition coefficient (Wildman–Crippen LogP) is 1.20. The fraction of sp³-hybridized carbons (Fsp3) is 0.500. The van der Waals surface area contributed by atoms with Crippen molar-refractivity contribution in [1.29, 1.82) is 0 Å². The average Bonchev–Trinajstić information content (AvgIpc) is 2.94. The molecule has 0 radical (unpaired) electrons. The van der Waals surface area contributed by atoms with E-state index in [1.165, 1.54) is 6.26 Å². The number of hydrogen-bond donors (Lipinski definition) is 2. The van der Waals surface area contributed by atoms with Gasteiger partial charge in [0.1, 0.15) is 6.04 Å². The van der Waals surface area contributed by atoms with E-state index in [0.29, 0.717) is 13.0 Å². The lowest BCUT2D eigenvalue weighted by atomic mass is 10.2. The highest BCUT2D eigenvalue weighted by Crippen LogP contribution is 2.04. The lowest BCUT2D eigenvalue weighted by molar-refractivity contribution is -0.135. The van der Waals surface area contributed by atoms with E-state index in [-0.39, 0.29) is 11.7 Å². The maximum Gasteiger partial charge on any atom is 0.287 e. The van der Waals surface area contributed by atoms with Crippen LogP contribution in [0.5, 0.6) is 0 Å². The average molecular weight is 286 g/mol. The van der Waals surface area contributed by atoms with Crippen molar-refractivity contribution in [2.75, 3.05) is 18.6 Å². The summed E-state index contributed by atoms with van der Waals surface area (Å²) in [5.41, 5.74) is 2.30. The Morgan fingerprint density at radius 2 is 2.32 bits per heavy atom. The molecule has 0 aliphatic heterocycles. The zero-order valence-corrected chi connectivity index (χ0v) is 11.8. The third kappa shape index (κ3) is 5.35. The third-order valence-corrected chi connectivity index (χ3v) is 2.94. The third-order valence-electron chi connectivity index (χ3n) is 2.29. The Labute approximate surface area is 116 Å². The molecule has 19 heavy (non-hydrogen) atoms. The second-order valence-corrected chi connectivity index (χ2v) is 4.67. The molecular formula is C12H18N2O4S. The maximum absolute atomic E-state index is 11.8. The minimum atomic E-state index is -0.642. The summed E-state index contributed by atoms with van der Waals surface area (Å²) < 4.78 is 4.98. The second kappa shape index (κ2) is 8.60. The number of hydrogen-bond acceptors (Lipinski definition) is 5. The lowest BCUT2D eigenvalue weighted by Crippen LogP contribution is -2.47. The van der Waals surface area contributed by atoms with Gasteiger partial charge in [-0.1, -0.05) is 0 Å². The molecule has 0 fully saturated rings. The number of rotatable bonds is 8. The van der Waals surface area contributed by atoms with Crippen molar-refractivity contribution in [3.8, 4) is 0 Å². The van der Waals surface area contributed by atoms with Gasteiger partial charge in [0.2, 0.25) is 0 Å². The van der Waals surface area contributed by atoms with Crippen LogP contribution in [0.2, 0.25) is 0 Å². The number of amides is 2. The van der Waals surface area contributed by atoms with E-state index in [4.69, 9.17) is 9.25 Å². The Kier molecular flexibility index (Phi) is 7.06. The van der Waals surface area contributed by atoms with E-state index < -0.39 is 11.9 Å². The maximum atomic E-state index is 11.8. The largest absolute Gasteiger partial charge is 0.459 e. The van der Waals surface area contributed by atoms with Crippen LogP contribution in [0.1, 0.15) is 23.9 Å². The molecule has 106 valence electrons. The standard InChI is InChI=1S/C12H18N2O4S/c1-3-18-14-11(15)9(6-8-19-2)13-12(16)10-5-4-7-17-10/h4-5,7,9H,3,6,8H2,1-2H3,(H,13,16)(H,14,15). The highest BCUT2D eigenvalue weighted by molar-refractivity contribution is 7.98. The molecule has 1 aromatic rings. The fourth-order valence-corrected chi connectivity index (χ4v) is 1.83. The van der Waals surface area contributed by atoms with Crippen LogP contribution >= 0.6 is 11.8 Å². The number of furan rings is 1. The summed E-state index contributed by atoms with van der Waals surface area (Å²) in [7, 11) is 0. The first-order chi connectivity index (χ1) is 9.19. The van der Waals surface area contributed by atoms with Gasteiger partial charge in [0, 0.05) is 0 Å². The molecule has 1 heterocycles. The Hall–Kier alpha value is -1.47. The molecule has 6 nitrogen and oxygen atoms in total. The first kappa shape index (κ1) is 15.6. The molecule has 0 saturated heterocycles. The monoisotopic (exact) mass is 286 g/mol. The minimum absolute atomic E-state index is 0.179. The SMILES string of the molecule is CCONC(=O)C(CCSC)NC(=O)c1ccco1. The van der Waals surface area contributed by atoms with Crippen molar-refractivity contribution in [3.05, 3.63) is 24.2 Å². The van der Waals surface area contributed by atoms with Gasteiger partial charge in [0.15, 0.2) is 5.76 Å². The van der Waals surface area contributed by atoms with Crippen LogP contribution in [0.3, 0.4) is 0 Å². The van der Waals surface area contributed by atoms with Crippen molar-refractivity contribution in [1.82, 2.24) is 10.8 Å². The molecule has 0 spiro atoms. The fourth-order valence-electron chi connectivity index (χ4n) is 1.36. The number of carbonyl (C=O) groups excluding carboxylic acids is 2. The van der Waals surface area contributed by atoms with Crippen molar-refractivity contribution in [2.24, 2.45) is 0 Å². The van der Waals surface area contributed by atoms with Gasteiger partial charge in [-0.3, -0.25) is 14.4 Å². The van der Waals surface area contributed by atoms with E-state index in [2.05, 4.69) is 10.8 Å². The zero-order valence-electron chi connectivity index (χ0n) is 11.0. The Morgan fingerprint density at radius 3 is 2.89 bits per heavy atom. The molecule has 2 N–H and O–H groups in total. The normalized spacial score (nSPS) is 11.9. The summed E-state index contributed by atoms with van der Waals surface area (Å²) in [5.74, 6) is 0.153. The quantitative estimate of drug-likeness (QED) is 0.702. The van der Waals surface area contributed by atoms with E-state index in [1.807, 2.05) is 6.26 Å². The Bertz CT molecular complexity index is 394. The molecule has 0 aliphatic rings. The summed E-state index contributed by atoms with van der Waals surface area (Å²) >= 11 is 1.60. The van der Waals surface area contributed by atoms with E-state index >= 15 is 0 Å². The van der Waals surface area contributed by atoms with Crippen LogP contribution in [-0.2, 0) is 9.63 Å². The summed E-state index contributed by atoms with van der Waals surface area (Å²) in [4.78, 5) is 28.5. The molecule has 0 bridgehead atoms. The molecule has 0 aliphatic carbocycles. The first-order valence-electron chi connectivity index (χ1n) is 5.94. The zero-order chi connectivity index (χ0) is 14.1. The number of hydroxylamine groups is 1. The van der Waals surface area contributed by atoms with E-state index in [1.54, 1.807) is 30.8 Å². The van der Waals surface area contributed by atoms with Gasteiger partial charge in [-0.2, -0.15) is 11.8 Å². The Morgan fingerprint density at radius 1 is 1.53 bits per heavy atom. The molecular weight excluding hydrogens is 268 g/mol. The summed E-state index contributed by atoms with van der Waals surface area (Å²) in [6, 6.07) is 2.52. The van der Waals surface area contributed by atoms with E-state index in [0.717, 1.165) is 5.75 Å². The van der Waals surface area contributed by atoms with E-state index in [9.17, 15) is 9.59 Å². The molecule has 1 atom stereocenters. The molecule has 0 saturated carbocycles. The minimum Gasteiger partial charge on any atom is -0.459 e. The summed E-state index contributed by atoms with van der Waals surface area (Å²) in [6.45, 7) is 2.13. The number of nitrogens with one attached hydrogen (secondary N) is 2. The molecule has 1 unspecified atom stereocenters. The van der Waals surface area contributed by atoms with Crippen molar-refractivity contribution >= 4 is 23.6 Å². The van der Waals surface area contributed by atoms with Crippen LogP contribution in [0.15, 0.2) is 22.8 Å². The Balaban J connectivity index is 2.58. The smallest absolute Gasteiger partial charge is 0.287 e. The first-order valence-corrected chi connectivity index (χ1v) is 7.33. The molecule has 1 aromatic heterocycles. The van der Waals surface area contributed by atoms with Crippen LogP contribution < -0.4 is 10.8 Å². The number of thioether (sulfide) groups is 1. The lowest BCUT2D eigenvalue weighted by Gasteiger charge is -2.16. The molecule has 1 rings (SSSR count). The highest BCUT2D eigenvalue weighted by Gasteiger charge is 2.22. The topological polar surface area (TPSA) is 80.6 Å². The molecule has 7 heteroatoms. The van der Waals surface area contributed by atoms with Crippen LogP contribution in [-0.4, -0.2) is 36.5 Å². The van der Waals surface area contributed by atoms with Crippen molar-refractivity contribution in [3.63, 3.8) is 0 Å². The van der Waals surface area contributed by atoms with Crippen LogP contribution in [0.4, 0.5) is 0 Å². The second-order valence-electron chi connectivity index (χ2n) is 3.68. The predicted molar refractivity (Wildman–Crippen MR) is 72.7 cm³/mol. The van der Waals surface area contributed by atoms with Gasteiger partial charge in [-0.25, -0.2) is 5.48 Å². The number of carbonyl (C=O) groups is 2. The van der Waals surface area contributed by atoms with Crippen LogP contribution in [0.25, 0.3) is 0 Å². The van der Waals surface area contributed by atoms with Gasteiger partial charge in [-0.05, 0) is 37.5 Å². The van der Waals surface area contributed by atoms with Crippen molar-refractivity contribution < 1.29 is 18.8 Å². The molecule has 2 amide bonds. The molecule has 0 aromatic carbocycles. The van der Waals surface area contributed by atoms with Gasteiger partial charge in [-0.15, -0.1) is 0 Å². The van der Waals surface area contributed by atoms with Crippen molar-refractivity contribution in [2.45, 2.75) is 19.4 Å². The van der Waals surface area contributed by atoms with Crippen LogP contribution in [0, 0.1) is 0 Å². The van der Waals surface area contributed by atoms with Gasteiger partial charge in [0.05, 0.1) is 12.9 Å². The summed E-state index contributed by atoms with van der Waals surface area (Å²) in [5, 5.41) is 2.62. The summed E-state index contributed by atoms with van der Waals surface area (Å²) in [6.07, 6.45) is 3.87. The van der Waals surface area contributed by atoms with Gasteiger partial charge < -0.3 is 9.73 Å².